The molecule has 1 unspecified atom stereocenters. The summed E-state index contributed by atoms with van der Waals surface area (Å²) in [4.78, 5) is 10.8. The minimum absolute atomic E-state index is 0.126. The number of hydrazine groups is 1. The number of carbonyl (C=O) groups excluding carboxylic acids is 1. The summed E-state index contributed by atoms with van der Waals surface area (Å²) in [6.45, 7) is 5.52. The van der Waals surface area contributed by atoms with Crippen molar-refractivity contribution in [3.05, 3.63) is 0 Å². The van der Waals surface area contributed by atoms with E-state index in [0.717, 1.165) is 25.9 Å². The van der Waals surface area contributed by atoms with E-state index in [2.05, 4.69) is 22.5 Å². The largest absolute Gasteiger partial charge is 0.452 e. The summed E-state index contributed by atoms with van der Waals surface area (Å²) < 4.78 is 9.87. The summed E-state index contributed by atoms with van der Waals surface area (Å²) in [5.41, 5.74) is 5.28. The molecule has 0 radical (unpaired) electrons. The topological polar surface area (TPSA) is 59.6 Å². The van der Waals surface area contributed by atoms with Crippen molar-refractivity contribution in [2.45, 2.75) is 39.2 Å². The molecule has 1 amide bonds. The molecule has 0 aliphatic rings. The van der Waals surface area contributed by atoms with Gasteiger partial charge in [-0.15, -0.1) is 0 Å². The van der Waals surface area contributed by atoms with Gasteiger partial charge in [-0.2, -0.15) is 0 Å². The number of methoxy groups -OCH3 is 1. The summed E-state index contributed by atoms with van der Waals surface area (Å²) in [6, 6.07) is 0.126. The molecular formula is C10H22N2O3. The Bertz CT molecular complexity index is 165. The van der Waals surface area contributed by atoms with E-state index in [1.54, 1.807) is 0 Å². The monoisotopic (exact) mass is 218 g/mol. The van der Waals surface area contributed by atoms with Crippen molar-refractivity contribution < 1.29 is 14.3 Å². The minimum atomic E-state index is -0.484. The van der Waals surface area contributed by atoms with E-state index in [0.29, 0.717) is 6.61 Å². The minimum Gasteiger partial charge on any atom is -0.452 e. The summed E-state index contributed by atoms with van der Waals surface area (Å²) in [6.07, 6.45) is 2.60. The van der Waals surface area contributed by atoms with E-state index in [4.69, 9.17) is 4.74 Å². The Hall–Kier alpha value is -0.810. The van der Waals surface area contributed by atoms with Gasteiger partial charge in [0.25, 0.3) is 0 Å². The lowest BCUT2D eigenvalue weighted by Crippen LogP contribution is -2.46. The van der Waals surface area contributed by atoms with Crippen molar-refractivity contribution in [3.8, 4) is 0 Å². The number of unbranched alkanes of at least 4 members (excludes halogenated alkanes) is 1. The Morgan fingerprint density at radius 2 is 2.13 bits per heavy atom. The Kier molecular flexibility index (Phi) is 9.21. The lowest BCUT2D eigenvalue weighted by Gasteiger charge is -2.16. The first-order chi connectivity index (χ1) is 7.24. The van der Waals surface area contributed by atoms with Crippen LogP contribution in [0.4, 0.5) is 4.79 Å². The molecular weight excluding hydrogens is 196 g/mol. The Morgan fingerprint density at radius 1 is 1.40 bits per heavy atom. The van der Waals surface area contributed by atoms with Gasteiger partial charge in [0.2, 0.25) is 0 Å². The van der Waals surface area contributed by atoms with Crippen LogP contribution < -0.4 is 10.9 Å². The van der Waals surface area contributed by atoms with Crippen LogP contribution in [-0.4, -0.2) is 32.5 Å². The van der Waals surface area contributed by atoms with Gasteiger partial charge in [0.05, 0.1) is 13.7 Å². The van der Waals surface area contributed by atoms with Crippen LogP contribution in [0.1, 0.15) is 33.1 Å². The molecule has 1 atom stereocenters. The maximum atomic E-state index is 10.8. The molecule has 0 saturated carbocycles. The molecule has 15 heavy (non-hydrogen) atoms. The summed E-state index contributed by atoms with van der Waals surface area (Å²) in [7, 11) is 1.33. The van der Waals surface area contributed by atoms with Crippen LogP contribution in [0.25, 0.3) is 0 Å². The molecule has 0 aromatic rings. The van der Waals surface area contributed by atoms with Crippen molar-refractivity contribution in [3.63, 3.8) is 0 Å². The standard InChI is InChI=1S/C10H22N2O3/c1-4-6-7-15-8-9(5-2)11-12-10(13)14-3/h9,11H,4-8H2,1-3H3,(H,12,13). The molecule has 0 rings (SSSR count). The number of rotatable bonds is 8. The molecule has 5 heteroatoms. The third kappa shape index (κ3) is 8.20. The highest BCUT2D eigenvalue weighted by molar-refractivity contribution is 5.66. The fourth-order valence-corrected chi connectivity index (χ4v) is 0.946. The maximum Gasteiger partial charge on any atom is 0.421 e. The average molecular weight is 218 g/mol. The molecule has 90 valence electrons. The molecule has 0 spiro atoms. The smallest absolute Gasteiger partial charge is 0.421 e. The van der Waals surface area contributed by atoms with Crippen LogP contribution >= 0.6 is 0 Å². The fraction of sp³-hybridized carbons (Fsp3) is 0.900. The van der Waals surface area contributed by atoms with Gasteiger partial charge in [-0.3, -0.25) is 5.43 Å². The van der Waals surface area contributed by atoms with Crippen molar-refractivity contribution in [1.29, 1.82) is 0 Å². The highest BCUT2D eigenvalue weighted by Gasteiger charge is 2.07. The van der Waals surface area contributed by atoms with E-state index >= 15 is 0 Å². The second-order valence-corrected chi connectivity index (χ2v) is 3.29. The molecule has 0 heterocycles. The first-order valence-electron chi connectivity index (χ1n) is 5.41. The van der Waals surface area contributed by atoms with Gasteiger partial charge < -0.3 is 9.47 Å². The SMILES string of the molecule is CCCCOCC(CC)NNC(=O)OC. The molecule has 5 nitrogen and oxygen atoms in total. The summed E-state index contributed by atoms with van der Waals surface area (Å²) >= 11 is 0. The highest BCUT2D eigenvalue weighted by atomic mass is 16.5. The quantitative estimate of drug-likeness (QED) is 0.478. The van der Waals surface area contributed by atoms with Gasteiger partial charge in [0.1, 0.15) is 0 Å². The number of hydrogen-bond acceptors (Lipinski definition) is 4. The van der Waals surface area contributed by atoms with E-state index in [1.165, 1.54) is 7.11 Å². The normalized spacial score (nSPS) is 12.2. The molecule has 2 N–H and O–H groups in total. The van der Waals surface area contributed by atoms with Crippen LogP contribution in [0.15, 0.2) is 0 Å². The molecule has 0 bridgehead atoms. The number of carbonyl (C=O) groups is 1. The molecule has 0 fully saturated rings. The Morgan fingerprint density at radius 3 is 2.67 bits per heavy atom. The zero-order valence-corrected chi connectivity index (χ0v) is 9.84. The zero-order valence-electron chi connectivity index (χ0n) is 9.84. The molecule has 0 saturated heterocycles. The van der Waals surface area contributed by atoms with Gasteiger partial charge in [-0.1, -0.05) is 20.3 Å². The van der Waals surface area contributed by atoms with Crippen LogP contribution in [0, 0.1) is 0 Å². The predicted molar refractivity (Wildman–Crippen MR) is 58.5 cm³/mol. The molecule has 0 aromatic carbocycles. The van der Waals surface area contributed by atoms with Gasteiger partial charge in [0.15, 0.2) is 0 Å². The fourth-order valence-electron chi connectivity index (χ4n) is 0.946. The second kappa shape index (κ2) is 9.73. The van der Waals surface area contributed by atoms with E-state index in [9.17, 15) is 4.79 Å². The van der Waals surface area contributed by atoms with Crippen LogP contribution in [-0.2, 0) is 9.47 Å². The van der Waals surface area contributed by atoms with Gasteiger partial charge in [0, 0.05) is 12.6 Å². The average Bonchev–Trinajstić information content (AvgIpc) is 2.27. The third-order valence-electron chi connectivity index (χ3n) is 2.02. The Balaban J connectivity index is 3.50. The number of amides is 1. The lowest BCUT2D eigenvalue weighted by molar-refractivity contribution is 0.100. The predicted octanol–water partition coefficient (Wildman–Crippen LogP) is 1.44. The van der Waals surface area contributed by atoms with E-state index < -0.39 is 6.09 Å². The van der Waals surface area contributed by atoms with Gasteiger partial charge >= 0.3 is 6.09 Å². The van der Waals surface area contributed by atoms with Crippen molar-refractivity contribution in [2.75, 3.05) is 20.3 Å². The van der Waals surface area contributed by atoms with Gasteiger partial charge in [-0.05, 0) is 12.8 Å². The number of hydrogen-bond donors (Lipinski definition) is 2. The zero-order chi connectivity index (χ0) is 11.5. The van der Waals surface area contributed by atoms with Crippen LogP contribution in [0.3, 0.4) is 0 Å². The maximum absolute atomic E-state index is 10.8. The third-order valence-corrected chi connectivity index (χ3v) is 2.02. The first kappa shape index (κ1) is 14.2. The Labute approximate surface area is 91.5 Å². The number of nitrogens with one attached hydrogen (secondary N) is 2. The first-order valence-corrected chi connectivity index (χ1v) is 5.41. The van der Waals surface area contributed by atoms with E-state index in [-0.39, 0.29) is 6.04 Å². The number of ether oxygens (including phenoxy) is 2. The van der Waals surface area contributed by atoms with Crippen molar-refractivity contribution in [1.82, 2.24) is 10.9 Å². The van der Waals surface area contributed by atoms with Crippen LogP contribution in [0.5, 0.6) is 0 Å². The van der Waals surface area contributed by atoms with Crippen molar-refractivity contribution >= 4 is 6.09 Å². The van der Waals surface area contributed by atoms with E-state index in [1.807, 2.05) is 6.92 Å². The summed E-state index contributed by atoms with van der Waals surface area (Å²) in [5, 5.41) is 0. The highest BCUT2D eigenvalue weighted by Crippen LogP contribution is 1.93. The molecule has 0 aromatic heterocycles. The second-order valence-electron chi connectivity index (χ2n) is 3.29. The molecule has 0 aliphatic heterocycles. The summed E-state index contributed by atoms with van der Waals surface area (Å²) in [5.74, 6) is 0. The van der Waals surface area contributed by atoms with Crippen LogP contribution in [0.2, 0.25) is 0 Å². The van der Waals surface area contributed by atoms with Crippen molar-refractivity contribution in [2.24, 2.45) is 0 Å². The lowest BCUT2D eigenvalue weighted by atomic mass is 10.2. The van der Waals surface area contributed by atoms with Gasteiger partial charge in [-0.25, -0.2) is 10.2 Å². The molecule has 0 aliphatic carbocycles.